The lowest BCUT2D eigenvalue weighted by Gasteiger charge is -2.20. The van der Waals surface area contributed by atoms with Gasteiger partial charge in [0.1, 0.15) is 10.4 Å². The molecule has 0 aliphatic heterocycles. The van der Waals surface area contributed by atoms with Gasteiger partial charge in [-0.2, -0.15) is 0 Å². The molecule has 12 heteroatoms. The number of carboxylic acid groups (broad SMARTS) is 1. The fraction of sp³-hybridized carbons (Fsp3) is 0.643. The molecule has 5 N–H and O–H groups in total. The zero-order valence-corrected chi connectivity index (χ0v) is 24.0. The number of rotatable bonds is 17. The Morgan fingerprint density at radius 3 is 2.23 bits per heavy atom. The molecule has 0 spiro atoms. The smallest absolute Gasteiger partial charge is 0.303 e. The van der Waals surface area contributed by atoms with Crippen LogP contribution in [-0.2, 0) is 29.2 Å². The predicted octanol–water partition coefficient (Wildman–Crippen LogP) is 2.92. The average Bonchev–Trinajstić information content (AvgIpc) is 3.27. The molecule has 0 saturated heterocycles. The highest BCUT2D eigenvalue weighted by molar-refractivity contribution is 7.90. The van der Waals surface area contributed by atoms with E-state index in [4.69, 9.17) is 5.11 Å². The summed E-state index contributed by atoms with van der Waals surface area (Å²) in [6.07, 6.45) is 8.87. The predicted molar refractivity (Wildman–Crippen MR) is 150 cm³/mol. The molecule has 2 fully saturated rings. The molecule has 3 amide bonds. The number of sulfonamides is 1. The Kier molecular flexibility index (Phi) is 11.5. The van der Waals surface area contributed by atoms with E-state index < -0.39 is 27.4 Å². The van der Waals surface area contributed by atoms with Gasteiger partial charge in [-0.25, -0.2) is 13.1 Å². The number of hydrogen-bond donors (Lipinski definition) is 5. The summed E-state index contributed by atoms with van der Waals surface area (Å²) in [5, 5.41) is 17.2. The van der Waals surface area contributed by atoms with Gasteiger partial charge in [-0.3, -0.25) is 19.2 Å². The Morgan fingerprint density at radius 1 is 0.950 bits per heavy atom. The highest BCUT2D eigenvalue weighted by Gasteiger charge is 2.59. The normalized spacial score (nSPS) is 20.6. The molecular weight excluding hydrogens is 536 g/mol. The van der Waals surface area contributed by atoms with E-state index in [9.17, 15) is 27.6 Å². The number of carbonyl (C=O) groups is 4. The monoisotopic (exact) mass is 578 g/mol. The number of anilines is 1. The third-order valence-electron chi connectivity index (χ3n) is 7.74. The summed E-state index contributed by atoms with van der Waals surface area (Å²) >= 11 is 0. The van der Waals surface area contributed by atoms with Crippen molar-refractivity contribution in [3.8, 4) is 0 Å². The first kappa shape index (κ1) is 31.5. The van der Waals surface area contributed by atoms with E-state index in [1.807, 2.05) is 0 Å². The van der Waals surface area contributed by atoms with Gasteiger partial charge < -0.3 is 21.1 Å². The lowest BCUT2D eigenvalue weighted by atomic mass is 10.1. The first-order chi connectivity index (χ1) is 19.0. The maximum absolute atomic E-state index is 13.2. The quantitative estimate of drug-likeness (QED) is 0.176. The molecule has 2 aliphatic rings. The van der Waals surface area contributed by atoms with Crippen molar-refractivity contribution in [3.63, 3.8) is 0 Å². The Hall–Kier alpha value is -2.99. The number of hydrogen-bond acceptors (Lipinski definition) is 7. The summed E-state index contributed by atoms with van der Waals surface area (Å²) in [5.74, 6) is -1.99. The van der Waals surface area contributed by atoms with E-state index in [2.05, 4.69) is 20.7 Å². The lowest BCUT2D eigenvalue weighted by Crippen LogP contribution is -2.53. The van der Waals surface area contributed by atoms with Gasteiger partial charge >= 0.3 is 5.97 Å². The molecule has 222 valence electrons. The minimum Gasteiger partial charge on any atom is -0.481 e. The Morgan fingerprint density at radius 2 is 1.57 bits per heavy atom. The second-order valence-corrected chi connectivity index (χ2v) is 12.7. The van der Waals surface area contributed by atoms with Crippen molar-refractivity contribution in [2.45, 2.75) is 94.4 Å². The van der Waals surface area contributed by atoms with Crippen molar-refractivity contribution in [1.82, 2.24) is 15.4 Å². The minimum absolute atomic E-state index is 0.0577. The molecule has 3 rings (SSSR count). The maximum Gasteiger partial charge on any atom is 0.303 e. The van der Waals surface area contributed by atoms with Gasteiger partial charge in [0.25, 0.3) is 15.9 Å². The molecule has 0 heterocycles. The second-order valence-electron chi connectivity index (χ2n) is 11.0. The van der Waals surface area contributed by atoms with Crippen LogP contribution in [0.3, 0.4) is 0 Å². The van der Waals surface area contributed by atoms with E-state index >= 15 is 0 Å². The standard InChI is InChI=1S/C28H42N4O7S/c1-20-17-28(20,31-25(34)19-29-18-21-11-7-8-12-21)27(37)32-40(38,39)23-14-10-9-13-22(23)30-24(33)15-5-3-2-4-6-16-26(35)36/h9-10,13-14,20-21,29H,2-8,11-12,15-19H2,1H3,(H,30,33)(H,31,34)(H,32,37)(H,35,36)/t20-,28-/m1/s1. The van der Waals surface area contributed by atoms with Crippen LogP contribution < -0.4 is 20.7 Å². The molecular formula is C28H42N4O7S. The minimum atomic E-state index is -4.34. The largest absolute Gasteiger partial charge is 0.481 e. The summed E-state index contributed by atoms with van der Waals surface area (Å²) in [4.78, 5) is 48.5. The van der Waals surface area contributed by atoms with Gasteiger partial charge in [0.05, 0.1) is 12.2 Å². The maximum atomic E-state index is 13.2. The zero-order valence-electron chi connectivity index (χ0n) is 23.2. The molecule has 1 aromatic rings. The van der Waals surface area contributed by atoms with Gasteiger partial charge in [0, 0.05) is 12.8 Å². The number of para-hydroxylation sites is 1. The van der Waals surface area contributed by atoms with Crippen LogP contribution in [0, 0.1) is 11.8 Å². The summed E-state index contributed by atoms with van der Waals surface area (Å²) in [6, 6.07) is 5.85. The highest BCUT2D eigenvalue weighted by atomic mass is 32.2. The van der Waals surface area contributed by atoms with Crippen LogP contribution in [0.4, 0.5) is 5.69 Å². The Balaban J connectivity index is 1.51. The van der Waals surface area contributed by atoms with Crippen molar-refractivity contribution in [1.29, 1.82) is 0 Å². The molecule has 0 aromatic heterocycles. The van der Waals surface area contributed by atoms with Crippen molar-refractivity contribution in [2.24, 2.45) is 11.8 Å². The Bertz CT molecular complexity index is 1170. The van der Waals surface area contributed by atoms with Crippen LogP contribution in [0.25, 0.3) is 0 Å². The molecule has 2 saturated carbocycles. The molecule has 1 aromatic carbocycles. The molecule has 40 heavy (non-hydrogen) atoms. The first-order valence-corrected chi connectivity index (χ1v) is 15.7. The molecule has 0 radical (unpaired) electrons. The Labute approximate surface area is 236 Å². The van der Waals surface area contributed by atoms with Crippen LogP contribution >= 0.6 is 0 Å². The van der Waals surface area contributed by atoms with Gasteiger partial charge in [-0.05, 0) is 62.6 Å². The van der Waals surface area contributed by atoms with E-state index in [1.54, 1.807) is 13.0 Å². The molecule has 11 nitrogen and oxygen atoms in total. The van der Waals surface area contributed by atoms with Crippen molar-refractivity contribution >= 4 is 39.4 Å². The third-order valence-corrected chi connectivity index (χ3v) is 9.13. The van der Waals surface area contributed by atoms with Crippen molar-refractivity contribution in [2.75, 3.05) is 18.4 Å². The summed E-state index contributed by atoms with van der Waals surface area (Å²) in [5.41, 5.74) is -1.23. The fourth-order valence-electron chi connectivity index (χ4n) is 5.25. The fourth-order valence-corrected chi connectivity index (χ4v) is 6.45. The lowest BCUT2D eigenvalue weighted by molar-refractivity contribution is -0.137. The topological polar surface area (TPSA) is 171 Å². The van der Waals surface area contributed by atoms with Crippen molar-refractivity contribution < 1.29 is 32.7 Å². The number of aliphatic carboxylic acids is 1. The summed E-state index contributed by atoms with van der Waals surface area (Å²) in [7, 11) is -4.34. The summed E-state index contributed by atoms with van der Waals surface area (Å²) in [6.45, 7) is 2.58. The number of unbranched alkanes of at least 4 members (excludes halogenated alkanes) is 4. The molecule has 0 bridgehead atoms. The van der Waals surface area contributed by atoms with Crippen LogP contribution in [0.15, 0.2) is 29.2 Å². The number of carbonyl (C=O) groups excluding carboxylic acids is 3. The van der Waals surface area contributed by atoms with Crippen LogP contribution in [0.5, 0.6) is 0 Å². The second kappa shape index (κ2) is 14.6. The number of benzene rings is 1. The molecule has 0 unspecified atom stereocenters. The van der Waals surface area contributed by atoms with Crippen LogP contribution in [0.2, 0.25) is 0 Å². The molecule has 2 aliphatic carbocycles. The van der Waals surface area contributed by atoms with Gasteiger partial charge in [0.15, 0.2) is 0 Å². The van der Waals surface area contributed by atoms with Gasteiger partial charge in [-0.15, -0.1) is 0 Å². The SMILES string of the molecule is C[C@@H]1C[C@]1(NC(=O)CNCC1CCCC1)C(=O)NS(=O)(=O)c1ccccc1NC(=O)CCCCCCCC(=O)O. The van der Waals surface area contributed by atoms with Gasteiger partial charge in [-0.1, -0.05) is 51.2 Å². The van der Waals surface area contributed by atoms with Crippen LogP contribution in [-0.4, -0.2) is 55.8 Å². The van der Waals surface area contributed by atoms with Crippen LogP contribution in [0.1, 0.15) is 84.0 Å². The van der Waals surface area contributed by atoms with Gasteiger partial charge in [0.2, 0.25) is 11.8 Å². The first-order valence-electron chi connectivity index (χ1n) is 14.2. The molecule has 2 atom stereocenters. The number of nitrogens with one attached hydrogen (secondary N) is 4. The van der Waals surface area contributed by atoms with Crippen molar-refractivity contribution in [3.05, 3.63) is 24.3 Å². The van der Waals surface area contributed by atoms with E-state index in [1.165, 1.54) is 31.0 Å². The highest BCUT2D eigenvalue weighted by Crippen LogP contribution is 2.43. The average molecular weight is 579 g/mol. The van der Waals surface area contributed by atoms with E-state index in [0.717, 1.165) is 38.6 Å². The van der Waals surface area contributed by atoms with E-state index in [0.29, 0.717) is 25.2 Å². The third kappa shape index (κ3) is 9.29. The number of carboxylic acids is 1. The summed E-state index contributed by atoms with van der Waals surface area (Å²) < 4.78 is 28.5. The van der Waals surface area contributed by atoms with E-state index in [-0.39, 0.29) is 47.7 Å². The zero-order chi connectivity index (χ0) is 29.2. The number of amides is 3.